The molecule has 2 N–H and O–H groups in total. The van der Waals surface area contributed by atoms with Gasteiger partial charge in [0.05, 0.1) is 11.7 Å². The first-order valence-electron chi connectivity index (χ1n) is 4.52. The summed E-state index contributed by atoms with van der Waals surface area (Å²) in [6.45, 7) is 4.21. The van der Waals surface area contributed by atoms with Gasteiger partial charge < -0.3 is 5.73 Å². The van der Waals surface area contributed by atoms with Gasteiger partial charge in [0, 0.05) is 21.6 Å². The Bertz CT molecular complexity index is 473. The molecule has 0 aliphatic rings. The summed E-state index contributed by atoms with van der Waals surface area (Å²) in [5.41, 5.74) is 7.61. The van der Waals surface area contributed by atoms with E-state index in [0.29, 0.717) is 6.04 Å². The molecule has 0 amide bonds. The Kier molecular flexibility index (Phi) is 2.23. The van der Waals surface area contributed by atoms with E-state index in [1.165, 1.54) is 0 Å². The Balaban J connectivity index is 2.79. The fraction of sp³-hybridized carbons (Fsp3) is 0.300. The third-order valence-corrected chi connectivity index (χ3v) is 2.76. The fourth-order valence-electron chi connectivity index (χ4n) is 1.56. The van der Waals surface area contributed by atoms with Crippen LogP contribution in [0, 0.1) is 0 Å². The molecular weight excluding hydrogens is 242 g/mol. The van der Waals surface area contributed by atoms with Gasteiger partial charge in [0.25, 0.3) is 0 Å². The Hall–Kier alpha value is -1.03. The van der Waals surface area contributed by atoms with Gasteiger partial charge >= 0.3 is 0 Å². The van der Waals surface area contributed by atoms with Gasteiger partial charge in [-0.05, 0) is 41.9 Å². The molecule has 0 atom stereocenters. The average molecular weight is 254 g/mol. The molecule has 0 aliphatic carbocycles. The maximum atomic E-state index is 5.74. The minimum atomic E-state index is 0.354. The molecule has 1 aromatic heterocycles. The number of anilines is 1. The number of rotatable bonds is 1. The third-order valence-electron chi connectivity index (χ3n) is 2.15. The quantitative estimate of drug-likeness (QED) is 0.795. The summed E-state index contributed by atoms with van der Waals surface area (Å²) >= 11 is 3.51. The molecule has 74 valence electrons. The van der Waals surface area contributed by atoms with Crippen LogP contribution in [0.25, 0.3) is 10.9 Å². The van der Waals surface area contributed by atoms with E-state index in [2.05, 4.69) is 34.9 Å². The molecule has 0 spiro atoms. The molecule has 2 aromatic rings. The smallest absolute Gasteiger partial charge is 0.0828 e. The molecule has 0 fully saturated rings. The van der Waals surface area contributed by atoms with E-state index in [-0.39, 0.29) is 0 Å². The van der Waals surface area contributed by atoms with E-state index in [9.17, 15) is 0 Å². The van der Waals surface area contributed by atoms with Crippen molar-refractivity contribution in [3.8, 4) is 0 Å². The Labute approximate surface area is 91.0 Å². The van der Waals surface area contributed by atoms with Crippen LogP contribution in [0.15, 0.2) is 22.8 Å². The highest BCUT2D eigenvalue weighted by atomic mass is 79.9. The molecule has 0 bridgehead atoms. The minimum Gasteiger partial charge on any atom is -0.399 e. The zero-order valence-electron chi connectivity index (χ0n) is 8.16. The molecule has 0 radical (unpaired) electrons. The number of hydrogen-bond acceptors (Lipinski definition) is 2. The second-order valence-corrected chi connectivity index (χ2v) is 4.48. The summed E-state index contributed by atoms with van der Waals surface area (Å²) in [4.78, 5) is 0. The van der Waals surface area contributed by atoms with Crippen LogP contribution < -0.4 is 5.73 Å². The number of benzene rings is 1. The molecule has 2 rings (SSSR count). The zero-order chi connectivity index (χ0) is 10.3. The lowest BCUT2D eigenvalue weighted by Crippen LogP contribution is -2.02. The molecule has 0 unspecified atom stereocenters. The number of hydrogen-bond donors (Lipinski definition) is 1. The summed E-state index contributed by atoms with van der Waals surface area (Å²) in [6, 6.07) is 4.20. The van der Waals surface area contributed by atoms with Crippen LogP contribution in [0.5, 0.6) is 0 Å². The van der Waals surface area contributed by atoms with Gasteiger partial charge in [0.1, 0.15) is 0 Å². The van der Waals surface area contributed by atoms with Crippen molar-refractivity contribution in [3.05, 3.63) is 22.8 Å². The standard InChI is InChI=1S/C10H12BrN3/c1-6(2)14-10-7(5-13-14)3-8(12)4-9(10)11/h3-6H,12H2,1-2H3. The van der Waals surface area contributed by atoms with Crippen LogP contribution in [-0.4, -0.2) is 9.78 Å². The predicted octanol–water partition coefficient (Wildman–Crippen LogP) is 2.96. The van der Waals surface area contributed by atoms with Crippen molar-refractivity contribution in [2.75, 3.05) is 5.73 Å². The summed E-state index contributed by atoms with van der Waals surface area (Å²) in [6.07, 6.45) is 1.84. The average Bonchev–Trinajstić information content (AvgIpc) is 2.47. The molecule has 0 saturated heterocycles. The lowest BCUT2D eigenvalue weighted by molar-refractivity contribution is 0.550. The Morgan fingerprint density at radius 1 is 1.43 bits per heavy atom. The lowest BCUT2D eigenvalue weighted by atomic mass is 10.2. The number of fused-ring (bicyclic) bond motifs is 1. The fourth-order valence-corrected chi connectivity index (χ4v) is 2.23. The van der Waals surface area contributed by atoms with E-state index in [1.807, 2.05) is 23.0 Å². The molecular formula is C10H12BrN3. The van der Waals surface area contributed by atoms with Gasteiger partial charge in [-0.3, -0.25) is 4.68 Å². The molecule has 0 saturated carbocycles. The normalized spacial score (nSPS) is 11.4. The molecule has 1 aromatic carbocycles. The Morgan fingerprint density at radius 2 is 2.14 bits per heavy atom. The first kappa shape index (κ1) is 9.52. The highest BCUT2D eigenvalue weighted by Gasteiger charge is 2.09. The molecule has 1 heterocycles. The Morgan fingerprint density at radius 3 is 2.79 bits per heavy atom. The maximum Gasteiger partial charge on any atom is 0.0828 e. The van der Waals surface area contributed by atoms with Crippen LogP contribution >= 0.6 is 15.9 Å². The minimum absolute atomic E-state index is 0.354. The summed E-state index contributed by atoms with van der Waals surface area (Å²) in [7, 11) is 0. The van der Waals surface area contributed by atoms with E-state index < -0.39 is 0 Å². The van der Waals surface area contributed by atoms with E-state index >= 15 is 0 Å². The van der Waals surface area contributed by atoms with Crippen LogP contribution in [-0.2, 0) is 0 Å². The van der Waals surface area contributed by atoms with Gasteiger partial charge in [-0.15, -0.1) is 0 Å². The maximum absolute atomic E-state index is 5.74. The zero-order valence-corrected chi connectivity index (χ0v) is 9.75. The molecule has 14 heavy (non-hydrogen) atoms. The number of halogens is 1. The molecule has 4 heteroatoms. The first-order valence-corrected chi connectivity index (χ1v) is 5.31. The van der Waals surface area contributed by atoms with Crippen molar-refractivity contribution < 1.29 is 0 Å². The van der Waals surface area contributed by atoms with E-state index in [0.717, 1.165) is 21.1 Å². The predicted molar refractivity (Wildman–Crippen MR) is 62.2 cm³/mol. The van der Waals surface area contributed by atoms with Gasteiger partial charge in [-0.1, -0.05) is 0 Å². The van der Waals surface area contributed by atoms with Gasteiger partial charge in [0.2, 0.25) is 0 Å². The second-order valence-electron chi connectivity index (χ2n) is 3.62. The van der Waals surface area contributed by atoms with Crippen molar-refractivity contribution in [3.63, 3.8) is 0 Å². The highest BCUT2D eigenvalue weighted by Crippen LogP contribution is 2.28. The highest BCUT2D eigenvalue weighted by molar-refractivity contribution is 9.10. The second kappa shape index (κ2) is 3.28. The van der Waals surface area contributed by atoms with Crippen LogP contribution in [0.2, 0.25) is 0 Å². The SMILES string of the molecule is CC(C)n1ncc2cc(N)cc(Br)c21. The van der Waals surface area contributed by atoms with Crippen LogP contribution in [0.4, 0.5) is 5.69 Å². The van der Waals surface area contributed by atoms with Gasteiger partial charge in [-0.2, -0.15) is 5.10 Å². The summed E-state index contributed by atoms with van der Waals surface area (Å²) < 4.78 is 2.98. The molecule has 0 aliphatic heterocycles. The van der Waals surface area contributed by atoms with Crippen molar-refractivity contribution in [2.45, 2.75) is 19.9 Å². The van der Waals surface area contributed by atoms with Gasteiger partial charge in [-0.25, -0.2) is 0 Å². The van der Waals surface area contributed by atoms with E-state index in [4.69, 9.17) is 5.73 Å². The van der Waals surface area contributed by atoms with Crippen molar-refractivity contribution in [1.29, 1.82) is 0 Å². The largest absolute Gasteiger partial charge is 0.399 e. The topological polar surface area (TPSA) is 43.8 Å². The number of nitrogen functional groups attached to an aromatic ring is 1. The monoisotopic (exact) mass is 253 g/mol. The number of aromatic nitrogens is 2. The first-order chi connectivity index (χ1) is 6.59. The van der Waals surface area contributed by atoms with Crippen molar-refractivity contribution in [1.82, 2.24) is 9.78 Å². The number of nitrogens with two attached hydrogens (primary N) is 1. The molecule has 3 nitrogen and oxygen atoms in total. The third kappa shape index (κ3) is 1.39. The van der Waals surface area contributed by atoms with Crippen molar-refractivity contribution >= 4 is 32.5 Å². The van der Waals surface area contributed by atoms with Crippen molar-refractivity contribution in [2.24, 2.45) is 0 Å². The summed E-state index contributed by atoms with van der Waals surface area (Å²) in [5, 5.41) is 5.40. The number of nitrogens with zero attached hydrogens (tertiary/aromatic N) is 2. The van der Waals surface area contributed by atoms with E-state index in [1.54, 1.807) is 0 Å². The van der Waals surface area contributed by atoms with Crippen LogP contribution in [0.1, 0.15) is 19.9 Å². The summed E-state index contributed by atoms with van der Waals surface area (Å²) in [5.74, 6) is 0. The van der Waals surface area contributed by atoms with Crippen LogP contribution in [0.3, 0.4) is 0 Å². The lowest BCUT2D eigenvalue weighted by Gasteiger charge is -2.08. The van der Waals surface area contributed by atoms with Gasteiger partial charge in [0.15, 0.2) is 0 Å².